The first-order valence-corrected chi connectivity index (χ1v) is 6.22. The number of nitrogen functional groups attached to an aromatic ring is 1. The van der Waals surface area contributed by atoms with Crippen LogP contribution in [0.3, 0.4) is 0 Å². The van der Waals surface area contributed by atoms with Gasteiger partial charge in [0, 0.05) is 11.6 Å². The lowest BCUT2D eigenvalue weighted by molar-refractivity contribution is -0.385. The van der Waals surface area contributed by atoms with Crippen LogP contribution in [0.5, 0.6) is 11.5 Å². The van der Waals surface area contributed by atoms with Gasteiger partial charge in [0.05, 0.1) is 43.3 Å². The van der Waals surface area contributed by atoms with E-state index in [4.69, 9.17) is 15.2 Å². The van der Waals surface area contributed by atoms with Gasteiger partial charge in [-0.3, -0.25) is 10.1 Å². The molecule has 0 unspecified atom stereocenters. The fourth-order valence-corrected chi connectivity index (χ4v) is 1.90. The molecule has 0 bridgehead atoms. The van der Waals surface area contributed by atoms with Crippen molar-refractivity contribution in [1.82, 2.24) is 9.66 Å². The quantitative estimate of drug-likeness (QED) is 0.509. The van der Waals surface area contributed by atoms with Crippen LogP contribution in [0.1, 0.15) is 11.3 Å². The van der Waals surface area contributed by atoms with Crippen molar-refractivity contribution in [2.45, 2.75) is 6.92 Å². The zero-order chi connectivity index (χ0) is 16.3. The second-order valence-electron chi connectivity index (χ2n) is 4.36. The van der Waals surface area contributed by atoms with Gasteiger partial charge < -0.3 is 15.2 Å². The summed E-state index contributed by atoms with van der Waals surface area (Å²) in [6.45, 7) is 1.78. The van der Waals surface area contributed by atoms with Crippen molar-refractivity contribution in [2.75, 3.05) is 20.0 Å². The van der Waals surface area contributed by atoms with Crippen LogP contribution in [0.2, 0.25) is 0 Å². The van der Waals surface area contributed by atoms with Crippen LogP contribution >= 0.6 is 0 Å². The molecular formula is C13H15N5O4. The summed E-state index contributed by atoms with van der Waals surface area (Å²) in [5, 5.41) is 15.1. The first kappa shape index (κ1) is 15.3. The van der Waals surface area contributed by atoms with E-state index in [-0.39, 0.29) is 17.4 Å². The highest BCUT2D eigenvalue weighted by molar-refractivity contribution is 5.86. The van der Waals surface area contributed by atoms with Crippen LogP contribution < -0.4 is 15.2 Å². The number of nitro benzene ring substituents is 1. The summed E-state index contributed by atoms with van der Waals surface area (Å²) in [6.07, 6.45) is 3.03. The SMILES string of the molecule is COc1cc([N+](=O)[O-])cc(C=Nn2cc(C)nc2N)c1OC. The van der Waals surface area contributed by atoms with E-state index >= 15 is 0 Å². The van der Waals surface area contributed by atoms with E-state index in [2.05, 4.69) is 10.1 Å². The number of imidazole rings is 1. The summed E-state index contributed by atoms with van der Waals surface area (Å²) in [5.74, 6) is 0.797. The van der Waals surface area contributed by atoms with Crippen molar-refractivity contribution in [3.05, 3.63) is 39.7 Å². The number of rotatable bonds is 5. The fraction of sp³-hybridized carbons (Fsp3) is 0.231. The lowest BCUT2D eigenvalue weighted by Gasteiger charge is -2.10. The molecule has 9 nitrogen and oxygen atoms in total. The number of nitrogens with zero attached hydrogens (tertiary/aromatic N) is 4. The number of nitrogens with two attached hydrogens (primary N) is 1. The third-order valence-electron chi connectivity index (χ3n) is 2.86. The third kappa shape index (κ3) is 2.97. The largest absolute Gasteiger partial charge is 0.493 e. The van der Waals surface area contributed by atoms with Gasteiger partial charge in [-0.25, -0.2) is 9.66 Å². The molecule has 0 atom stereocenters. The Morgan fingerprint density at radius 1 is 1.41 bits per heavy atom. The summed E-state index contributed by atoms with van der Waals surface area (Å²) >= 11 is 0. The standard InChI is InChI=1S/C13H15N5O4/c1-8-7-17(13(14)16-8)15-6-9-4-10(18(19)20)5-11(21-2)12(9)22-3/h4-7H,1-3H3,(H2,14,16). The second kappa shape index (κ2) is 6.12. The molecule has 1 aromatic carbocycles. The predicted molar refractivity (Wildman–Crippen MR) is 80.6 cm³/mol. The Hall–Kier alpha value is -3.10. The molecule has 0 aliphatic heterocycles. The molecule has 2 rings (SSSR count). The van der Waals surface area contributed by atoms with E-state index in [1.807, 2.05) is 0 Å². The molecule has 0 fully saturated rings. The molecule has 0 saturated heterocycles. The highest BCUT2D eigenvalue weighted by atomic mass is 16.6. The zero-order valence-corrected chi connectivity index (χ0v) is 12.3. The van der Waals surface area contributed by atoms with E-state index in [1.54, 1.807) is 13.1 Å². The monoisotopic (exact) mass is 305 g/mol. The number of nitro groups is 1. The van der Waals surface area contributed by atoms with Gasteiger partial charge in [-0.05, 0) is 6.92 Å². The maximum absolute atomic E-state index is 11.0. The molecule has 0 amide bonds. The van der Waals surface area contributed by atoms with E-state index in [1.165, 1.54) is 37.2 Å². The third-order valence-corrected chi connectivity index (χ3v) is 2.86. The highest BCUT2D eigenvalue weighted by Crippen LogP contribution is 2.34. The fourth-order valence-electron chi connectivity index (χ4n) is 1.90. The van der Waals surface area contributed by atoms with Gasteiger partial charge in [0.25, 0.3) is 5.69 Å². The maximum atomic E-state index is 11.0. The second-order valence-corrected chi connectivity index (χ2v) is 4.36. The Labute approximate surface area is 126 Å². The molecule has 2 aromatic rings. The van der Waals surface area contributed by atoms with Gasteiger partial charge >= 0.3 is 0 Å². The zero-order valence-electron chi connectivity index (χ0n) is 12.3. The van der Waals surface area contributed by atoms with E-state index in [0.29, 0.717) is 17.0 Å². The summed E-state index contributed by atoms with van der Waals surface area (Å²) in [4.78, 5) is 14.5. The Bertz CT molecular complexity index is 738. The number of aryl methyl sites for hydroxylation is 1. The number of hydrogen-bond donors (Lipinski definition) is 1. The summed E-state index contributed by atoms with van der Waals surface area (Å²) in [5.41, 5.74) is 6.65. The number of methoxy groups -OCH3 is 2. The number of non-ortho nitro benzene ring substituents is 1. The summed E-state index contributed by atoms with van der Waals surface area (Å²) < 4.78 is 11.7. The van der Waals surface area contributed by atoms with Crippen molar-refractivity contribution in [2.24, 2.45) is 5.10 Å². The van der Waals surface area contributed by atoms with Crippen LogP contribution in [0.4, 0.5) is 11.6 Å². The van der Waals surface area contributed by atoms with Crippen LogP contribution in [0.15, 0.2) is 23.4 Å². The molecular weight excluding hydrogens is 290 g/mol. The first-order chi connectivity index (χ1) is 10.5. The number of anilines is 1. The Kier molecular flexibility index (Phi) is 4.25. The first-order valence-electron chi connectivity index (χ1n) is 6.22. The summed E-state index contributed by atoms with van der Waals surface area (Å²) in [6, 6.07) is 2.62. The molecule has 9 heteroatoms. The molecule has 2 N–H and O–H groups in total. The number of ether oxygens (including phenoxy) is 2. The molecule has 0 spiro atoms. The van der Waals surface area contributed by atoms with Gasteiger partial charge in [-0.2, -0.15) is 5.10 Å². The average Bonchev–Trinajstić information content (AvgIpc) is 2.81. The van der Waals surface area contributed by atoms with Crippen molar-refractivity contribution >= 4 is 17.9 Å². The van der Waals surface area contributed by atoms with Crippen molar-refractivity contribution in [3.8, 4) is 11.5 Å². The van der Waals surface area contributed by atoms with Crippen molar-refractivity contribution in [3.63, 3.8) is 0 Å². The molecule has 0 radical (unpaired) electrons. The molecule has 116 valence electrons. The van der Waals surface area contributed by atoms with E-state index in [9.17, 15) is 10.1 Å². The lowest BCUT2D eigenvalue weighted by Crippen LogP contribution is -2.00. The smallest absolute Gasteiger partial charge is 0.274 e. The molecule has 1 aromatic heterocycles. The van der Waals surface area contributed by atoms with Crippen LogP contribution in [-0.2, 0) is 0 Å². The highest BCUT2D eigenvalue weighted by Gasteiger charge is 2.17. The van der Waals surface area contributed by atoms with Crippen molar-refractivity contribution in [1.29, 1.82) is 0 Å². The van der Waals surface area contributed by atoms with Gasteiger partial charge in [0.2, 0.25) is 5.95 Å². The minimum absolute atomic E-state index is 0.131. The number of benzene rings is 1. The molecule has 22 heavy (non-hydrogen) atoms. The minimum Gasteiger partial charge on any atom is -0.493 e. The van der Waals surface area contributed by atoms with Gasteiger partial charge in [-0.1, -0.05) is 0 Å². The van der Waals surface area contributed by atoms with Gasteiger partial charge in [0.15, 0.2) is 11.5 Å². The Morgan fingerprint density at radius 3 is 2.64 bits per heavy atom. The Balaban J connectivity index is 2.50. The normalized spacial score (nSPS) is 10.9. The lowest BCUT2D eigenvalue weighted by atomic mass is 10.1. The number of aromatic nitrogens is 2. The maximum Gasteiger partial charge on any atom is 0.274 e. The van der Waals surface area contributed by atoms with Crippen LogP contribution in [0.25, 0.3) is 0 Å². The predicted octanol–water partition coefficient (Wildman–Crippen LogP) is 1.58. The van der Waals surface area contributed by atoms with E-state index < -0.39 is 4.92 Å². The Morgan fingerprint density at radius 2 is 2.14 bits per heavy atom. The molecule has 0 saturated carbocycles. The van der Waals surface area contributed by atoms with Crippen LogP contribution in [-0.4, -0.2) is 35.0 Å². The van der Waals surface area contributed by atoms with Gasteiger partial charge in [0.1, 0.15) is 0 Å². The van der Waals surface area contributed by atoms with Crippen LogP contribution in [0, 0.1) is 17.0 Å². The van der Waals surface area contributed by atoms with Gasteiger partial charge in [-0.15, -0.1) is 0 Å². The average molecular weight is 305 g/mol. The topological polar surface area (TPSA) is 118 Å². The molecule has 0 aliphatic carbocycles. The number of hydrogen-bond acceptors (Lipinski definition) is 7. The van der Waals surface area contributed by atoms with Crippen molar-refractivity contribution < 1.29 is 14.4 Å². The van der Waals surface area contributed by atoms with E-state index in [0.717, 1.165) is 0 Å². The molecule has 0 aliphatic rings. The minimum atomic E-state index is -0.519. The molecule has 1 heterocycles. The summed E-state index contributed by atoms with van der Waals surface area (Å²) in [7, 11) is 2.84.